The first kappa shape index (κ1) is 21.3. The second kappa shape index (κ2) is 9.49. The van der Waals surface area contributed by atoms with Crippen molar-refractivity contribution >= 4 is 39.6 Å². The minimum atomic E-state index is -0.376. The molecule has 0 fully saturated rings. The van der Waals surface area contributed by atoms with Gasteiger partial charge in [0.15, 0.2) is 16.6 Å². The van der Waals surface area contributed by atoms with Gasteiger partial charge in [-0.25, -0.2) is 4.39 Å². The lowest BCUT2D eigenvalue weighted by atomic mass is 10.2. The van der Waals surface area contributed by atoms with Crippen molar-refractivity contribution in [2.24, 2.45) is 0 Å². The fourth-order valence-corrected chi connectivity index (χ4v) is 3.34. The van der Waals surface area contributed by atoms with E-state index >= 15 is 0 Å². The lowest BCUT2D eigenvalue weighted by molar-refractivity contribution is 0.355. The molecule has 6 nitrogen and oxygen atoms in total. The van der Waals surface area contributed by atoms with Gasteiger partial charge in [-0.3, -0.25) is 4.98 Å². The van der Waals surface area contributed by atoms with E-state index in [2.05, 4.69) is 15.6 Å². The Morgan fingerprint density at radius 3 is 2.31 bits per heavy atom. The molecule has 4 rings (SSSR count). The van der Waals surface area contributed by atoms with E-state index in [-0.39, 0.29) is 10.9 Å². The summed E-state index contributed by atoms with van der Waals surface area (Å²) < 4.78 is 30.6. The molecule has 0 atom stereocenters. The van der Waals surface area contributed by atoms with Crippen LogP contribution in [0.1, 0.15) is 0 Å². The number of methoxy groups -OCH3 is 2. The van der Waals surface area contributed by atoms with Crippen molar-refractivity contribution in [3.05, 3.63) is 78.7 Å². The topological polar surface area (TPSA) is 64.6 Å². The quantitative estimate of drug-likeness (QED) is 0.350. The van der Waals surface area contributed by atoms with Crippen LogP contribution >= 0.6 is 12.2 Å². The number of hydrogen-bond acceptors (Lipinski definition) is 5. The third-order valence-electron chi connectivity index (χ3n) is 4.67. The molecular formula is C24H20FN3O3S. The maximum atomic E-state index is 13.8. The Balaban J connectivity index is 1.48. The van der Waals surface area contributed by atoms with Crippen LogP contribution in [0.15, 0.2) is 72.9 Å². The number of fused-ring (bicyclic) bond motifs is 1. The second-order valence-corrected chi connectivity index (χ2v) is 7.13. The van der Waals surface area contributed by atoms with Crippen molar-refractivity contribution < 1.29 is 18.6 Å². The predicted octanol–water partition coefficient (Wildman–Crippen LogP) is 5.99. The number of benzene rings is 3. The van der Waals surface area contributed by atoms with Crippen LogP contribution in [0.2, 0.25) is 0 Å². The summed E-state index contributed by atoms with van der Waals surface area (Å²) in [5.41, 5.74) is 1.77. The summed E-state index contributed by atoms with van der Waals surface area (Å²) in [5.74, 6) is 2.08. The van der Waals surface area contributed by atoms with Crippen molar-refractivity contribution in [1.29, 1.82) is 0 Å². The summed E-state index contributed by atoms with van der Waals surface area (Å²) in [6.45, 7) is 0. The highest BCUT2D eigenvalue weighted by Gasteiger charge is 2.11. The maximum Gasteiger partial charge on any atom is 0.175 e. The van der Waals surface area contributed by atoms with Crippen LogP contribution in [-0.2, 0) is 0 Å². The third-order valence-corrected chi connectivity index (χ3v) is 4.87. The Labute approximate surface area is 190 Å². The number of halogens is 1. The van der Waals surface area contributed by atoms with E-state index < -0.39 is 0 Å². The number of aromatic nitrogens is 1. The first-order chi connectivity index (χ1) is 15.6. The maximum absolute atomic E-state index is 13.8. The summed E-state index contributed by atoms with van der Waals surface area (Å²) >= 11 is 5.26. The molecule has 4 aromatic rings. The van der Waals surface area contributed by atoms with Gasteiger partial charge in [-0.2, -0.15) is 0 Å². The first-order valence-corrected chi connectivity index (χ1v) is 10.1. The summed E-state index contributed by atoms with van der Waals surface area (Å²) in [6.07, 6.45) is 1.67. The van der Waals surface area contributed by atoms with Gasteiger partial charge >= 0.3 is 0 Å². The first-order valence-electron chi connectivity index (χ1n) is 9.68. The third kappa shape index (κ3) is 4.70. The van der Waals surface area contributed by atoms with E-state index in [9.17, 15) is 4.39 Å². The monoisotopic (exact) mass is 449 g/mol. The Bertz CT molecular complexity index is 1270. The van der Waals surface area contributed by atoms with Crippen LogP contribution in [-0.4, -0.2) is 24.3 Å². The van der Waals surface area contributed by atoms with Gasteiger partial charge in [0.2, 0.25) is 0 Å². The van der Waals surface area contributed by atoms with E-state index in [1.807, 2.05) is 18.2 Å². The number of pyridine rings is 1. The molecule has 0 bridgehead atoms. The largest absolute Gasteiger partial charge is 0.493 e. The van der Waals surface area contributed by atoms with E-state index in [4.69, 9.17) is 26.4 Å². The van der Waals surface area contributed by atoms with E-state index in [0.29, 0.717) is 28.7 Å². The zero-order chi connectivity index (χ0) is 22.5. The molecule has 0 spiro atoms. The summed E-state index contributed by atoms with van der Waals surface area (Å²) in [5, 5.41) is 6.94. The minimum absolute atomic E-state index is 0.282. The number of thiocarbonyl (C=S) groups is 1. The molecular weight excluding hydrogens is 429 g/mol. The molecule has 162 valence electrons. The number of hydrogen-bond donors (Lipinski definition) is 2. The standard InChI is InChI=1S/C24H20FN3O3S/c1-29-22-13-17-20(14-23(22)30-2)26-12-11-21(17)31-16-9-7-15(8-10-16)27-24(32)28-19-6-4-3-5-18(19)25/h3-14H,1-2H3,(H2,27,28,32). The van der Waals surface area contributed by atoms with E-state index in [1.165, 1.54) is 6.07 Å². The van der Waals surface area contributed by atoms with Crippen molar-refractivity contribution in [1.82, 2.24) is 4.98 Å². The Kier molecular flexibility index (Phi) is 6.32. The molecule has 0 unspecified atom stereocenters. The molecule has 0 saturated carbocycles. The number of para-hydroxylation sites is 1. The molecule has 1 aromatic heterocycles. The Hall–Kier alpha value is -3.91. The van der Waals surface area contributed by atoms with Crippen molar-refractivity contribution in [3.8, 4) is 23.0 Å². The lowest BCUT2D eigenvalue weighted by Gasteiger charge is -2.13. The van der Waals surface area contributed by atoms with Crippen LogP contribution < -0.4 is 24.8 Å². The fourth-order valence-electron chi connectivity index (χ4n) is 3.12. The molecule has 0 aliphatic rings. The van der Waals surface area contributed by atoms with Crippen LogP contribution in [0, 0.1) is 5.82 Å². The average Bonchev–Trinajstić information content (AvgIpc) is 2.81. The second-order valence-electron chi connectivity index (χ2n) is 6.72. The fraction of sp³-hybridized carbons (Fsp3) is 0.0833. The van der Waals surface area contributed by atoms with Crippen molar-refractivity contribution in [3.63, 3.8) is 0 Å². The minimum Gasteiger partial charge on any atom is -0.493 e. The van der Waals surface area contributed by atoms with Crippen LogP contribution in [0.5, 0.6) is 23.0 Å². The van der Waals surface area contributed by atoms with Gasteiger partial charge < -0.3 is 24.8 Å². The van der Waals surface area contributed by atoms with Gasteiger partial charge in [-0.15, -0.1) is 0 Å². The summed E-state index contributed by atoms with van der Waals surface area (Å²) in [4.78, 5) is 4.38. The Morgan fingerprint density at radius 2 is 1.59 bits per heavy atom. The van der Waals surface area contributed by atoms with Crippen LogP contribution in [0.4, 0.5) is 15.8 Å². The van der Waals surface area contributed by atoms with Gasteiger partial charge in [0, 0.05) is 23.3 Å². The summed E-state index contributed by atoms with van der Waals surface area (Å²) in [7, 11) is 3.16. The number of rotatable bonds is 6. The van der Waals surface area contributed by atoms with Gasteiger partial charge in [0.1, 0.15) is 17.3 Å². The zero-order valence-corrected chi connectivity index (χ0v) is 18.2. The highest BCUT2D eigenvalue weighted by molar-refractivity contribution is 7.80. The van der Waals surface area contributed by atoms with Crippen LogP contribution in [0.25, 0.3) is 10.9 Å². The average molecular weight is 450 g/mol. The molecule has 0 saturated heterocycles. The molecule has 32 heavy (non-hydrogen) atoms. The molecule has 0 amide bonds. The van der Waals surface area contributed by atoms with E-state index in [1.54, 1.807) is 62.9 Å². The van der Waals surface area contributed by atoms with Crippen molar-refractivity contribution in [2.75, 3.05) is 24.9 Å². The predicted molar refractivity (Wildman–Crippen MR) is 128 cm³/mol. The van der Waals surface area contributed by atoms with Gasteiger partial charge in [-0.05, 0) is 60.7 Å². The normalized spacial score (nSPS) is 10.5. The van der Waals surface area contributed by atoms with Gasteiger partial charge in [0.05, 0.1) is 25.4 Å². The molecule has 3 aromatic carbocycles. The zero-order valence-electron chi connectivity index (χ0n) is 17.4. The Morgan fingerprint density at radius 1 is 0.875 bits per heavy atom. The number of nitrogens with one attached hydrogen (secondary N) is 2. The number of anilines is 2. The molecule has 2 N–H and O–H groups in total. The lowest BCUT2D eigenvalue weighted by Crippen LogP contribution is -2.19. The molecule has 0 aliphatic carbocycles. The van der Waals surface area contributed by atoms with Crippen LogP contribution in [0.3, 0.4) is 0 Å². The molecule has 1 heterocycles. The molecule has 8 heteroatoms. The smallest absolute Gasteiger partial charge is 0.175 e. The number of ether oxygens (including phenoxy) is 3. The highest BCUT2D eigenvalue weighted by Crippen LogP contribution is 2.37. The highest BCUT2D eigenvalue weighted by atomic mass is 32.1. The SMILES string of the molecule is COc1cc2nccc(Oc3ccc(NC(=S)Nc4ccccc4F)cc3)c2cc1OC. The summed E-state index contributed by atoms with van der Waals surface area (Å²) in [6, 6.07) is 19.0. The molecule has 0 radical (unpaired) electrons. The number of nitrogens with zero attached hydrogens (tertiary/aromatic N) is 1. The van der Waals surface area contributed by atoms with Gasteiger partial charge in [-0.1, -0.05) is 12.1 Å². The molecule has 0 aliphatic heterocycles. The van der Waals surface area contributed by atoms with Crippen molar-refractivity contribution in [2.45, 2.75) is 0 Å². The van der Waals surface area contributed by atoms with Gasteiger partial charge in [0.25, 0.3) is 0 Å². The van der Waals surface area contributed by atoms with E-state index in [0.717, 1.165) is 16.6 Å².